The molecule has 0 spiro atoms. The van der Waals surface area contributed by atoms with Crippen LogP contribution in [0.5, 0.6) is 0 Å². The van der Waals surface area contributed by atoms with Gasteiger partial charge in [0.2, 0.25) is 0 Å². The number of nitrogens with one attached hydrogen (secondary N) is 9. The third kappa shape index (κ3) is 32.5. The summed E-state index contributed by atoms with van der Waals surface area (Å²) in [6, 6.07) is 0. The fraction of sp³-hybridized carbons (Fsp3) is 0.687. The average molecular weight is 1890 g/mol. The molecule has 4 aromatic heterocycles. The maximum atomic E-state index is 12.2. The van der Waals surface area contributed by atoms with Gasteiger partial charge in [-0.05, 0) is 194 Å². The van der Waals surface area contributed by atoms with Gasteiger partial charge in [0.25, 0.3) is 22.2 Å². The molecule has 5 saturated heterocycles. The van der Waals surface area contributed by atoms with Gasteiger partial charge in [0.15, 0.2) is 17.6 Å². The molecule has 0 radical (unpaired) electrons. The van der Waals surface area contributed by atoms with E-state index in [0.29, 0.717) is 72.7 Å². The van der Waals surface area contributed by atoms with Crippen molar-refractivity contribution in [1.82, 2.24) is 69.7 Å². The van der Waals surface area contributed by atoms with Crippen molar-refractivity contribution in [3.8, 4) is 0 Å². The molecule has 0 bridgehead atoms. The van der Waals surface area contributed by atoms with E-state index in [1.807, 2.05) is 34.7 Å². The maximum Gasteiger partial charge on any atom is 0.330 e. The summed E-state index contributed by atoms with van der Waals surface area (Å²) >= 11 is 5.14. The van der Waals surface area contributed by atoms with E-state index in [4.69, 9.17) is 35.9 Å². The van der Waals surface area contributed by atoms with Gasteiger partial charge >= 0.3 is 22.8 Å². The average Bonchev–Trinajstić information content (AvgIpc) is 1.68. The molecule has 0 aromatic carbocycles. The highest BCUT2D eigenvalue weighted by molar-refractivity contribution is 7.80. The number of aromatic nitrogens is 8. The van der Waals surface area contributed by atoms with E-state index in [1.165, 1.54) is 33.9 Å². The Kier molecular flexibility index (Phi) is 42.4. The lowest BCUT2D eigenvalue weighted by Gasteiger charge is -2.30. The van der Waals surface area contributed by atoms with Gasteiger partial charge in [-0.1, -0.05) is 34.3 Å². The molecule has 6 aliphatic rings. The number of nitrogens with zero attached hydrogens (tertiary/aromatic N) is 5. The standard InChI is InChI=1S/4C17H30N3O5P.C15H25N2O3PS/c2*1-5-7-18-10-20-9-11(16(23)19-17(20)24)15-14(22)13(21)12(25-15)6-8-26(2,3)4;2*1-5-7-18-9-11-10-20(17(24)19-15(11)23)16-14(22)13(21)12(25-16)6-8-26(2,3)4;1-9-10(8-17(2)15(22)16-9)14-13(19)12(18)11(20-14)6-7-21(3,4)5/h2*9,12-15,18,21-22H,2,5-8,10H2,1,3-4H3,(H,19,23,24);2*10,12-14,16,18,21-22H,2,5-9H2,1,3-4H3,(H,19,23,24);8,11-14,18-19H,1,3,6-7H2,2,4-5H3,(H,16,22)/t2*12-,13-,14-,15?;2*12-,13-,14-,16?;11-,12-,13-,14?/m11111/s1. The van der Waals surface area contributed by atoms with Crippen LogP contribution in [0.4, 0.5) is 0 Å². The molecule has 0 saturated carbocycles. The van der Waals surface area contributed by atoms with E-state index in [-0.39, 0.29) is 30.6 Å². The van der Waals surface area contributed by atoms with Crippen molar-refractivity contribution < 1.29 is 74.7 Å². The minimum Gasteiger partial charge on any atom is -0.388 e. The molecule has 0 aliphatic carbocycles. The SMILES string of the molecule is C=C1NC(=S)N(C)C=C1C1O[C@H](CCP(=C)(C)C)[C@@H](O)[C@H]1O.C=P(C)(C)CC[C@H]1OC(c2cn(CNCCC)c(=O)[nH]c2=O)[C@H](O)[C@@H]1O.C=P(C)(C)CC[C@H]1OC(c2cn(CNCCC)c(=O)[nH]c2=O)[C@H](O)[C@@H]1O.C=P(C)(C)CC[C@H]1OC(n2cc(CNCCC)c(=O)[nH]c2=O)[C@H](O)[C@@H]1O.C=P(C)(C)CC[C@H]1OC(n2cc(CNCCC)c(=O)[nH]c2=O)[C@H](O)[C@@H]1O. The Morgan fingerprint density at radius 1 is 0.389 bits per heavy atom. The molecule has 43 heteroatoms. The summed E-state index contributed by atoms with van der Waals surface area (Å²) in [5, 5.41) is 119. The quantitative estimate of drug-likeness (QED) is 0.0159. The molecule has 37 nitrogen and oxygen atoms in total. The number of ether oxygens (including phenoxy) is 5. The summed E-state index contributed by atoms with van der Waals surface area (Å²) in [4.78, 5) is 107. The lowest BCUT2D eigenvalue weighted by molar-refractivity contribution is -0.0404. The maximum absolute atomic E-state index is 12.2. The second-order valence-corrected chi connectivity index (χ2v) is 58.6. The number of aliphatic hydroxyl groups is 10. The Balaban J connectivity index is 0.000000244. The Morgan fingerprint density at radius 3 is 0.976 bits per heavy atom. The molecule has 5 unspecified atom stereocenters. The highest BCUT2D eigenvalue weighted by Crippen LogP contribution is 2.45. The largest absolute Gasteiger partial charge is 0.388 e. The first-order chi connectivity index (χ1) is 58.6. The number of hydrogen-bond acceptors (Lipinski definition) is 28. The Labute approximate surface area is 743 Å². The van der Waals surface area contributed by atoms with Crippen LogP contribution in [0.1, 0.15) is 132 Å². The molecular weight excluding hydrogens is 1750 g/mol. The van der Waals surface area contributed by atoms with E-state index in [2.05, 4.69) is 151 Å². The van der Waals surface area contributed by atoms with Crippen LogP contribution in [-0.4, -0.2) is 359 Å². The Bertz CT molecular complexity index is 4540. The highest BCUT2D eigenvalue weighted by Gasteiger charge is 2.49. The van der Waals surface area contributed by atoms with Crippen molar-refractivity contribution in [1.29, 1.82) is 0 Å². The van der Waals surface area contributed by atoms with Crippen molar-refractivity contribution in [2.45, 2.75) is 234 Å². The molecule has 6 aliphatic heterocycles. The van der Waals surface area contributed by atoms with Crippen molar-refractivity contribution in [2.75, 3.05) is 131 Å². The summed E-state index contributed by atoms with van der Waals surface area (Å²) in [5.74, 6) is 0. The first-order valence-corrected chi connectivity index (χ1v) is 58.4. The molecule has 126 heavy (non-hydrogen) atoms. The van der Waals surface area contributed by atoms with Crippen LogP contribution in [0.3, 0.4) is 0 Å². The van der Waals surface area contributed by atoms with Crippen molar-refractivity contribution in [3.63, 3.8) is 0 Å². The number of thiocarbonyl (C=S) groups is 1. The summed E-state index contributed by atoms with van der Waals surface area (Å²) < 4.78 is 34.1. The normalized spacial score (nSPS) is 27.5. The smallest absolute Gasteiger partial charge is 0.330 e. The number of H-pyrrole nitrogens is 4. The van der Waals surface area contributed by atoms with Gasteiger partial charge in [-0.25, -0.2) is 19.2 Å². The fourth-order valence-electron chi connectivity index (χ4n) is 14.3. The van der Waals surface area contributed by atoms with Gasteiger partial charge in [-0.3, -0.25) is 68.0 Å². The Hall–Kier alpha value is -5.37. The van der Waals surface area contributed by atoms with Gasteiger partial charge < -0.3 is 95.6 Å². The van der Waals surface area contributed by atoms with Gasteiger partial charge in [0.05, 0.1) is 55.0 Å². The molecule has 5 fully saturated rings. The molecule has 716 valence electrons. The van der Waals surface area contributed by atoms with Crippen molar-refractivity contribution in [2.24, 2.45) is 0 Å². The minimum atomic E-state index is -1.29. The van der Waals surface area contributed by atoms with E-state index >= 15 is 0 Å². The number of aromatic amines is 4. The van der Waals surface area contributed by atoms with Crippen LogP contribution in [0, 0.1) is 0 Å². The van der Waals surface area contributed by atoms with Crippen molar-refractivity contribution >= 4 is 83.3 Å². The number of rotatable bonds is 36. The van der Waals surface area contributed by atoms with Gasteiger partial charge in [-0.2, -0.15) is 0 Å². The van der Waals surface area contributed by atoms with E-state index in [1.54, 1.807) is 11.1 Å². The summed E-state index contributed by atoms with van der Waals surface area (Å²) in [6.07, 6.45) is 20.4. The number of aliphatic hydroxyl groups excluding tert-OH is 10. The molecule has 4 aromatic rings. The van der Waals surface area contributed by atoms with Gasteiger partial charge in [0.1, 0.15) is 79.4 Å². The summed E-state index contributed by atoms with van der Waals surface area (Å²) in [6.45, 7) is 30.6. The first-order valence-electron chi connectivity index (χ1n) is 42.7. The van der Waals surface area contributed by atoms with Gasteiger partial charge in [0, 0.05) is 73.5 Å². The highest BCUT2D eigenvalue weighted by atomic mass is 32.1. The zero-order valence-electron chi connectivity index (χ0n) is 75.9. The predicted octanol–water partition coefficient (Wildman–Crippen LogP) is -0.189. The minimum absolute atomic E-state index is 0.139. The second-order valence-electron chi connectivity index (χ2n) is 36.6. The molecule has 19 N–H and O–H groups in total. The fourth-order valence-corrected chi connectivity index (χ4v) is 19.3. The van der Waals surface area contributed by atoms with Crippen LogP contribution < -0.4 is 71.6 Å². The van der Waals surface area contributed by atoms with Crippen LogP contribution in [0.25, 0.3) is 0 Å². The van der Waals surface area contributed by atoms with Gasteiger partial charge in [-0.15, -0.1) is 65.9 Å². The number of hydrogen-bond donors (Lipinski definition) is 19. The van der Waals surface area contributed by atoms with Crippen LogP contribution >= 0.6 is 46.6 Å². The van der Waals surface area contributed by atoms with E-state index in [0.717, 1.165) is 91.8 Å². The molecular formula is C83H145N14O23P5S. The summed E-state index contributed by atoms with van der Waals surface area (Å²) in [7, 11) is 1.81. The van der Waals surface area contributed by atoms with Crippen molar-refractivity contribution in [3.05, 3.63) is 154 Å². The predicted molar refractivity (Wildman–Crippen MR) is 515 cm³/mol. The third-order valence-corrected chi connectivity index (χ3v) is 29.4. The third-order valence-electron chi connectivity index (χ3n) is 21.6. The van der Waals surface area contributed by atoms with E-state index in [9.17, 15) is 89.4 Å². The van der Waals surface area contributed by atoms with Crippen LogP contribution in [-0.2, 0) is 50.1 Å². The molecule has 10 rings (SSSR count). The van der Waals surface area contributed by atoms with E-state index < -0.39 is 196 Å². The van der Waals surface area contributed by atoms with Crippen LogP contribution in [0.2, 0.25) is 0 Å². The first kappa shape index (κ1) is 109. The van der Waals surface area contributed by atoms with Crippen LogP contribution in [0.15, 0.2) is 87.2 Å². The topological polar surface area (TPSA) is 531 Å². The lowest BCUT2D eigenvalue weighted by Crippen LogP contribution is -2.42. The zero-order chi connectivity index (χ0) is 94.6. The Morgan fingerprint density at radius 2 is 0.667 bits per heavy atom. The second kappa shape index (κ2) is 48.9. The monoisotopic (exact) mass is 1890 g/mol. The molecule has 20 atom stereocenters. The molecule has 0 amide bonds. The lowest BCUT2D eigenvalue weighted by atomic mass is 9.99. The zero-order valence-corrected chi connectivity index (χ0v) is 81.2. The summed E-state index contributed by atoms with van der Waals surface area (Å²) in [5.41, 5.74) is -2.22. The molecule has 10 heterocycles.